The number of nitrogens with zero attached hydrogens (tertiary/aromatic N) is 3. The minimum Gasteiger partial charge on any atom is -0.299 e. The highest BCUT2D eigenvalue weighted by Crippen LogP contribution is 2.26. The predicted octanol–water partition coefficient (Wildman–Crippen LogP) is 1.59. The van der Waals surface area contributed by atoms with Crippen LogP contribution in [-0.2, 0) is 16.4 Å². The van der Waals surface area contributed by atoms with Gasteiger partial charge < -0.3 is 0 Å². The lowest BCUT2D eigenvalue weighted by molar-refractivity contribution is 0.201. The van der Waals surface area contributed by atoms with E-state index < -0.39 is 9.84 Å². The topological polar surface area (TPSA) is 79.0 Å². The lowest BCUT2D eigenvalue weighted by Gasteiger charge is -2.31. The Morgan fingerprint density at radius 1 is 1.32 bits per heavy atom. The number of nitrogens with one attached hydrogen (secondary N) is 1. The summed E-state index contributed by atoms with van der Waals surface area (Å²) in [5.41, 5.74) is 1.04. The van der Waals surface area contributed by atoms with Gasteiger partial charge in [0.05, 0.1) is 4.90 Å². The van der Waals surface area contributed by atoms with Crippen LogP contribution in [0.25, 0.3) is 0 Å². The highest BCUT2D eigenvalue weighted by atomic mass is 32.2. The van der Waals surface area contributed by atoms with Crippen LogP contribution < -0.4 is 0 Å². The van der Waals surface area contributed by atoms with E-state index in [0.29, 0.717) is 10.8 Å². The van der Waals surface area contributed by atoms with E-state index in [4.69, 9.17) is 0 Å². The standard InChI is InChI=1S/C15H20N4O2S/c1-22(20,21)14-4-2-3-12(9-14)10-19-7-5-13(6-8-19)15-16-11-17-18-15/h2-4,9,11,13H,5-8,10H2,1H3,(H,16,17,18). The molecule has 3 rings (SSSR count). The fourth-order valence-corrected chi connectivity index (χ4v) is 3.60. The third-order valence-electron chi connectivity index (χ3n) is 4.14. The van der Waals surface area contributed by atoms with Gasteiger partial charge in [-0.15, -0.1) is 0 Å². The average molecular weight is 320 g/mol. The zero-order valence-corrected chi connectivity index (χ0v) is 13.4. The normalized spacial score (nSPS) is 17.7. The van der Waals surface area contributed by atoms with E-state index in [1.165, 1.54) is 6.26 Å². The number of likely N-dealkylation sites (tertiary alicyclic amines) is 1. The number of hydrogen-bond acceptors (Lipinski definition) is 5. The molecule has 1 saturated heterocycles. The molecule has 0 saturated carbocycles. The summed E-state index contributed by atoms with van der Waals surface area (Å²) in [6, 6.07) is 7.22. The van der Waals surface area contributed by atoms with Crippen LogP contribution in [0.1, 0.15) is 30.1 Å². The highest BCUT2D eigenvalue weighted by Gasteiger charge is 2.22. The van der Waals surface area contributed by atoms with Gasteiger partial charge >= 0.3 is 0 Å². The summed E-state index contributed by atoms with van der Waals surface area (Å²) in [6.45, 7) is 2.75. The fourth-order valence-electron chi connectivity index (χ4n) is 2.91. The first-order chi connectivity index (χ1) is 10.5. The van der Waals surface area contributed by atoms with Gasteiger partial charge in [0.25, 0.3) is 0 Å². The molecule has 22 heavy (non-hydrogen) atoms. The Morgan fingerprint density at radius 2 is 2.09 bits per heavy atom. The molecule has 7 heteroatoms. The van der Waals surface area contributed by atoms with Crippen LogP contribution in [0.4, 0.5) is 0 Å². The van der Waals surface area contributed by atoms with Crippen molar-refractivity contribution in [1.82, 2.24) is 20.1 Å². The van der Waals surface area contributed by atoms with Gasteiger partial charge in [-0.05, 0) is 43.6 Å². The van der Waals surface area contributed by atoms with Gasteiger partial charge in [0, 0.05) is 18.7 Å². The van der Waals surface area contributed by atoms with Crippen LogP contribution in [0, 0.1) is 0 Å². The van der Waals surface area contributed by atoms with Crippen molar-refractivity contribution in [2.24, 2.45) is 0 Å². The maximum atomic E-state index is 11.6. The SMILES string of the molecule is CS(=O)(=O)c1cccc(CN2CCC(c3ncn[nH]3)CC2)c1. The Labute approximate surface area is 130 Å². The first-order valence-corrected chi connectivity index (χ1v) is 9.28. The fraction of sp³-hybridized carbons (Fsp3) is 0.467. The molecular formula is C15H20N4O2S. The number of H-pyrrole nitrogens is 1. The van der Waals surface area contributed by atoms with Crippen molar-refractivity contribution in [3.8, 4) is 0 Å². The van der Waals surface area contributed by atoms with E-state index in [1.807, 2.05) is 12.1 Å². The van der Waals surface area contributed by atoms with Gasteiger partial charge in [0.15, 0.2) is 9.84 Å². The Kier molecular flexibility index (Phi) is 4.26. The average Bonchev–Trinajstić information content (AvgIpc) is 3.02. The van der Waals surface area contributed by atoms with Crippen molar-refractivity contribution in [1.29, 1.82) is 0 Å². The van der Waals surface area contributed by atoms with E-state index >= 15 is 0 Å². The van der Waals surface area contributed by atoms with Gasteiger partial charge in [0.1, 0.15) is 12.2 Å². The van der Waals surface area contributed by atoms with Crippen LogP contribution in [0.2, 0.25) is 0 Å². The van der Waals surface area contributed by atoms with Gasteiger partial charge in [0.2, 0.25) is 0 Å². The van der Waals surface area contributed by atoms with E-state index in [1.54, 1.807) is 18.5 Å². The van der Waals surface area contributed by atoms with E-state index in [0.717, 1.165) is 43.9 Å². The van der Waals surface area contributed by atoms with Gasteiger partial charge in [-0.3, -0.25) is 10.00 Å². The summed E-state index contributed by atoms with van der Waals surface area (Å²) in [5.74, 6) is 1.42. The third kappa shape index (κ3) is 3.53. The largest absolute Gasteiger partial charge is 0.299 e. The molecule has 0 spiro atoms. The molecule has 0 aliphatic carbocycles. The molecule has 1 N–H and O–H groups in total. The molecule has 118 valence electrons. The smallest absolute Gasteiger partial charge is 0.175 e. The molecule has 1 fully saturated rings. The number of benzene rings is 1. The van der Waals surface area contributed by atoms with Crippen molar-refractivity contribution in [3.05, 3.63) is 42.0 Å². The Morgan fingerprint density at radius 3 is 2.73 bits per heavy atom. The molecule has 1 aromatic heterocycles. The van der Waals surface area contributed by atoms with Crippen molar-refractivity contribution in [2.75, 3.05) is 19.3 Å². The summed E-state index contributed by atoms with van der Waals surface area (Å²) >= 11 is 0. The van der Waals surface area contributed by atoms with Gasteiger partial charge in [-0.25, -0.2) is 13.4 Å². The molecule has 6 nitrogen and oxygen atoms in total. The Balaban J connectivity index is 1.61. The van der Waals surface area contributed by atoms with Crippen LogP contribution in [-0.4, -0.2) is 47.8 Å². The molecule has 2 heterocycles. The molecule has 0 radical (unpaired) electrons. The first kappa shape index (κ1) is 15.2. The zero-order chi connectivity index (χ0) is 15.6. The van der Waals surface area contributed by atoms with Crippen molar-refractivity contribution in [3.63, 3.8) is 0 Å². The zero-order valence-electron chi connectivity index (χ0n) is 12.6. The third-order valence-corrected chi connectivity index (χ3v) is 5.25. The van der Waals surface area contributed by atoms with E-state index in [2.05, 4.69) is 20.1 Å². The van der Waals surface area contributed by atoms with Gasteiger partial charge in [-0.1, -0.05) is 12.1 Å². The number of sulfone groups is 1. The minimum atomic E-state index is -3.14. The number of piperidine rings is 1. The number of rotatable bonds is 4. The molecule has 0 unspecified atom stereocenters. The van der Waals surface area contributed by atoms with Crippen LogP contribution in [0.15, 0.2) is 35.5 Å². The lowest BCUT2D eigenvalue weighted by Crippen LogP contribution is -2.32. The summed E-state index contributed by atoms with van der Waals surface area (Å²) in [6.07, 6.45) is 4.88. The second-order valence-electron chi connectivity index (χ2n) is 5.84. The maximum absolute atomic E-state index is 11.6. The number of aromatic nitrogens is 3. The van der Waals surface area contributed by atoms with Crippen LogP contribution in [0.3, 0.4) is 0 Å². The minimum absolute atomic E-state index is 0.390. The monoisotopic (exact) mass is 320 g/mol. The first-order valence-electron chi connectivity index (χ1n) is 7.39. The summed E-state index contributed by atoms with van der Waals surface area (Å²) < 4.78 is 23.2. The van der Waals surface area contributed by atoms with E-state index in [9.17, 15) is 8.42 Å². The van der Waals surface area contributed by atoms with E-state index in [-0.39, 0.29) is 0 Å². The molecule has 1 aliphatic heterocycles. The number of hydrogen-bond donors (Lipinski definition) is 1. The second kappa shape index (κ2) is 6.18. The molecule has 1 aliphatic rings. The highest BCUT2D eigenvalue weighted by molar-refractivity contribution is 7.90. The Bertz CT molecular complexity index is 720. The molecule has 0 amide bonds. The summed E-state index contributed by atoms with van der Waals surface area (Å²) in [4.78, 5) is 6.98. The molecule has 0 bridgehead atoms. The van der Waals surface area contributed by atoms with Crippen LogP contribution in [0.5, 0.6) is 0 Å². The number of aromatic amines is 1. The quantitative estimate of drug-likeness (QED) is 0.925. The van der Waals surface area contributed by atoms with Gasteiger partial charge in [-0.2, -0.15) is 5.10 Å². The Hall–Kier alpha value is -1.73. The summed E-state index contributed by atoms with van der Waals surface area (Å²) in [7, 11) is -3.14. The molecular weight excluding hydrogens is 300 g/mol. The predicted molar refractivity (Wildman–Crippen MR) is 83.2 cm³/mol. The van der Waals surface area contributed by atoms with Crippen molar-refractivity contribution in [2.45, 2.75) is 30.2 Å². The molecule has 0 atom stereocenters. The summed E-state index contributed by atoms with van der Waals surface area (Å²) in [5, 5.41) is 6.86. The second-order valence-corrected chi connectivity index (χ2v) is 7.86. The van der Waals surface area contributed by atoms with Crippen molar-refractivity contribution < 1.29 is 8.42 Å². The van der Waals surface area contributed by atoms with Crippen LogP contribution >= 0.6 is 0 Å². The lowest BCUT2D eigenvalue weighted by atomic mass is 9.96. The molecule has 2 aromatic rings. The maximum Gasteiger partial charge on any atom is 0.175 e. The van der Waals surface area contributed by atoms with Crippen molar-refractivity contribution >= 4 is 9.84 Å². The molecule has 1 aromatic carbocycles.